The highest BCUT2D eigenvalue weighted by Gasteiger charge is 2.17. The third-order valence-corrected chi connectivity index (χ3v) is 2.94. The molecule has 1 heterocycles. The summed E-state index contributed by atoms with van der Waals surface area (Å²) in [7, 11) is 0. The largest absolute Gasteiger partial charge is 0.294 e. The van der Waals surface area contributed by atoms with E-state index in [9.17, 15) is 4.79 Å². The number of hydrogen-bond acceptors (Lipinski definition) is 3. The zero-order valence-corrected chi connectivity index (χ0v) is 8.73. The number of carbonyl (C=O) groups is 1. The lowest BCUT2D eigenvalue weighted by molar-refractivity contribution is 0.102. The van der Waals surface area contributed by atoms with Crippen molar-refractivity contribution in [3.63, 3.8) is 0 Å². The first kappa shape index (κ1) is 9.94. The fourth-order valence-corrected chi connectivity index (χ4v) is 2.35. The summed E-state index contributed by atoms with van der Waals surface area (Å²) in [5, 5.41) is 10.6. The highest BCUT2D eigenvalue weighted by Crippen LogP contribution is 2.29. The summed E-state index contributed by atoms with van der Waals surface area (Å²) in [6.45, 7) is 5.53. The Kier molecular flexibility index (Phi) is 2.84. The van der Waals surface area contributed by atoms with Crippen molar-refractivity contribution in [2.75, 3.05) is 0 Å². The summed E-state index contributed by atoms with van der Waals surface area (Å²) >= 11 is 1.37. The topological polar surface area (TPSA) is 40.9 Å². The van der Waals surface area contributed by atoms with Gasteiger partial charge in [-0.3, -0.25) is 4.79 Å². The monoisotopic (exact) mass is 193 g/mol. The van der Waals surface area contributed by atoms with Crippen LogP contribution in [0.15, 0.2) is 5.38 Å². The fraction of sp³-hybridized carbons (Fsp3) is 0.400. The molecular weight excluding hydrogens is 182 g/mol. The van der Waals surface area contributed by atoms with E-state index in [1.54, 1.807) is 12.3 Å². The van der Waals surface area contributed by atoms with Crippen LogP contribution in [0, 0.1) is 11.3 Å². The predicted octanol–water partition coefficient (Wildman–Crippen LogP) is 2.95. The minimum absolute atomic E-state index is 0.0511. The Morgan fingerprint density at radius 1 is 1.62 bits per heavy atom. The number of ketones is 1. The van der Waals surface area contributed by atoms with Gasteiger partial charge in [0.05, 0.1) is 10.4 Å². The summed E-state index contributed by atoms with van der Waals surface area (Å²) < 4.78 is 0. The van der Waals surface area contributed by atoms with Gasteiger partial charge in [0.25, 0.3) is 0 Å². The van der Waals surface area contributed by atoms with Crippen LogP contribution in [-0.2, 0) is 0 Å². The molecule has 1 aromatic heterocycles. The van der Waals surface area contributed by atoms with E-state index in [-0.39, 0.29) is 11.7 Å². The SMILES string of the molecule is CC(=O)c1scc(C#N)c1C(C)C. The summed E-state index contributed by atoms with van der Waals surface area (Å²) in [4.78, 5) is 11.9. The minimum atomic E-state index is 0.0511. The van der Waals surface area contributed by atoms with Crippen LogP contribution in [-0.4, -0.2) is 5.78 Å². The first-order valence-electron chi connectivity index (χ1n) is 4.10. The van der Waals surface area contributed by atoms with E-state index in [0.29, 0.717) is 5.56 Å². The van der Waals surface area contributed by atoms with Crippen molar-refractivity contribution in [1.29, 1.82) is 5.26 Å². The Morgan fingerprint density at radius 3 is 2.62 bits per heavy atom. The number of Topliss-reactive ketones (excluding diaryl/α,β-unsaturated/α-hetero) is 1. The zero-order valence-electron chi connectivity index (χ0n) is 7.92. The molecule has 0 aromatic carbocycles. The smallest absolute Gasteiger partial charge is 0.170 e. The average molecular weight is 193 g/mol. The normalized spacial score (nSPS) is 10.1. The maximum atomic E-state index is 11.2. The molecule has 3 heteroatoms. The Bertz CT molecular complexity index is 371. The molecule has 0 amide bonds. The van der Waals surface area contributed by atoms with Gasteiger partial charge in [0.1, 0.15) is 6.07 Å². The standard InChI is InChI=1S/C10H11NOS/c1-6(2)9-8(4-11)5-13-10(9)7(3)12/h5-6H,1-3H3. The maximum absolute atomic E-state index is 11.2. The van der Waals surface area contributed by atoms with Crippen LogP contribution in [0.1, 0.15) is 47.5 Å². The Balaban J connectivity index is 3.32. The van der Waals surface area contributed by atoms with Gasteiger partial charge >= 0.3 is 0 Å². The molecule has 0 aliphatic heterocycles. The summed E-state index contributed by atoms with van der Waals surface area (Å²) in [5.41, 5.74) is 1.55. The molecule has 0 aliphatic rings. The Morgan fingerprint density at radius 2 is 2.23 bits per heavy atom. The number of hydrogen-bond donors (Lipinski definition) is 0. The second kappa shape index (κ2) is 3.71. The average Bonchev–Trinajstić information content (AvgIpc) is 2.46. The van der Waals surface area contributed by atoms with Crippen molar-refractivity contribution >= 4 is 17.1 Å². The lowest BCUT2D eigenvalue weighted by Gasteiger charge is -2.04. The molecule has 2 nitrogen and oxygen atoms in total. The molecule has 1 aromatic rings. The Hall–Kier alpha value is -1.14. The van der Waals surface area contributed by atoms with Crippen LogP contribution in [0.5, 0.6) is 0 Å². The van der Waals surface area contributed by atoms with Crippen molar-refractivity contribution < 1.29 is 4.79 Å². The van der Waals surface area contributed by atoms with Crippen molar-refractivity contribution in [2.45, 2.75) is 26.7 Å². The van der Waals surface area contributed by atoms with Gasteiger partial charge in [-0.2, -0.15) is 5.26 Å². The third-order valence-electron chi connectivity index (χ3n) is 1.85. The highest BCUT2D eigenvalue weighted by atomic mass is 32.1. The molecule has 0 aliphatic carbocycles. The van der Waals surface area contributed by atoms with E-state index in [1.165, 1.54) is 11.3 Å². The van der Waals surface area contributed by atoms with Gasteiger partial charge in [-0.15, -0.1) is 11.3 Å². The minimum Gasteiger partial charge on any atom is -0.294 e. The second-order valence-corrected chi connectivity index (χ2v) is 4.09. The summed E-state index contributed by atoms with van der Waals surface area (Å²) in [5.74, 6) is 0.287. The molecule has 0 saturated heterocycles. The molecule has 0 saturated carbocycles. The lowest BCUT2D eigenvalue weighted by Crippen LogP contribution is -1.97. The molecule has 0 spiro atoms. The molecule has 0 N–H and O–H groups in total. The zero-order chi connectivity index (χ0) is 10.0. The van der Waals surface area contributed by atoms with E-state index in [2.05, 4.69) is 6.07 Å². The molecule has 1 rings (SSSR count). The van der Waals surface area contributed by atoms with Crippen molar-refractivity contribution in [3.8, 4) is 6.07 Å². The number of nitriles is 1. The van der Waals surface area contributed by atoms with Crippen LogP contribution in [0.25, 0.3) is 0 Å². The van der Waals surface area contributed by atoms with Crippen LogP contribution in [0.3, 0.4) is 0 Å². The maximum Gasteiger partial charge on any atom is 0.170 e. The molecule has 0 unspecified atom stereocenters. The van der Waals surface area contributed by atoms with E-state index < -0.39 is 0 Å². The van der Waals surface area contributed by atoms with Gasteiger partial charge in [-0.25, -0.2) is 0 Å². The van der Waals surface area contributed by atoms with Crippen LogP contribution in [0.2, 0.25) is 0 Å². The number of nitrogens with zero attached hydrogens (tertiary/aromatic N) is 1. The van der Waals surface area contributed by atoms with Crippen LogP contribution < -0.4 is 0 Å². The molecular formula is C10H11NOS. The van der Waals surface area contributed by atoms with Gasteiger partial charge in [0.2, 0.25) is 0 Å². The van der Waals surface area contributed by atoms with Gasteiger partial charge < -0.3 is 0 Å². The first-order chi connectivity index (χ1) is 6.07. The molecule has 0 bridgehead atoms. The molecule has 0 atom stereocenters. The number of rotatable bonds is 2. The van der Waals surface area contributed by atoms with Crippen molar-refractivity contribution in [2.24, 2.45) is 0 Å². The Labute approximate surface area is 81.8 Å². The molecule has 0 fully saturated rings. The van der Waals surface area contributed by atoms with Crippen LogP contribution >= 0.6 is 11.3 Å². The fourth-order valence-electron chi connectivity index (χ4n) is 1.30. The van der Waals surface area contributed by atoms with Gasteiger partial charge in [-0.05, 0) is 18.4 Å². The molecule has 13 heavy (non-hydrogen) atoms. The summed E-state index contributed by atoms with van der Waals surface area (Å²) in [6, 6.07) is 2.11. The summed E-state index contributed by atoms with van der Waals surface area (Å²) in [6.07, 6.45) is 0. The van der Waals surface area contributed by atoms with Gasteiger partial charge in [0.15, 0.2) is 5.78 Å². The van der Waals surface area contributed by atoms with Gasteiger partial charge in [0, 0.05) is 5.38 Å². The number of carbonyl (C=O) groups excluding carboxylic acids is 1. The van der Waals surface area contributed by atoms with Gasteiger partial charge in [-0.1, -0.05) is 13.8 Å². The third kappa shape index (κ3) is 1.78. The number of thiophene rings is 1. The molecule has 0 radical (unpaired) electrons. The molecule has 68 valence electrons. The lowest BCUT2D eigenvalue weighted by atomic mass is 9.99. The predicted molar refractivity (Wildman–Crippen MR) is 53.1 cm³/mol. The highest BCUT2D eigenvalue weighted by molar-refractivity contribution is 7.12. The van der Waals surface area contributed by atoms with Crippen molar-refractivity contribution in [3.05, 3.63) is 21.4 Å². The first-order valence-corrected chi connectivity index (χ1v) is 4.98. The second-order valence-electron chi connectivity index (χ2n) is 3.21. The van der Waals surface area contributed by atoms with Crippen molar-refractivity contribution in [1.82, 2.24) is 0 Å². The van der Waals surface area contributed by atoms with E-state index >= 15 is 0 Å². The van der Waals surface area contributed by atoms with E-state index in [0.717, 1.165) is 10.4 Å². The van der Waals surface area contributed by atoms with Crippen LogP contribution in [0.4, 0.5) is 0 Å². The quantitative estimate of drug-likeness (QED) is 0.677. The van der Waals surface area contributed by atoms with E-state index in [1.807, 2.05) is 13.8 Å². The van der Waals surface area contributed by atoms with E-state index in [4.69, 9.17) is 5.26 Å².